The third kappa shape index (κ3) is 2.24. The number of carboxylic acid groups (broad SMARTS) is 1. The van der Waals surface area contributed by atoms with E-state index in [0.717, 1.165) is 10.8 Å². The number of hydrogen-bond acceptors (Lipinski definition) is 3. The standard InChI is InChI=1S/C14H14FN3O2/c15-11-2-1-10-3-4-16-13(12(10)9-11)17-5-7-18(8-6-17)14(19)20/h1-4,9H,5-8H2,(H,19,20). The van der Waals surface area contributed by atoms with Crippen LogP contribution in [0.2, 0.25) is 0 Å². The van der Waals surface area contributed by atoms with Gasteiger partial charge in [-0.25, -0.2) is 14.2 Å². The average Bonchev–Trinajstić information content (AvgIpc) is 2.46. The first-order valence-corrected chi connectivity index (χ1v) is 6.42. The van der Waals surface area contributed by atoms with Crippen LogP contribution < -0.4 is 4.90 Å². The molecule has 0 unspecified atom stereocenters. The summed E-state index contributed by atoms with van der Waals surface area (Å²) in [5.74, 6) is 0.419. The highest BCUT2D eigenvalue weighted by Crippen LogP contribution is 2.26. The third-order valence-electron chi connectivity index (χ3n) is 3.56. The highest BCUT2D eigenvalue weighted by atomic mass is 19.1. The van der Waals surface area contributed by atoms with Crippen LogP contribution in [0.4, 0.5) is 15.0 Å². The second-order valence-corrected chi connectivity index (χ2v) is 4.76. The van der Waals surface area contributed by atoms with Gasteiger partial charge in [0.05, 0.1) is 0 Å². The molecule has 1 aliphatic rings. The highest BCUT2D eigenvalue weighted by Gasteiger charge is 2.22. The molecule has 5 nitrogen and oxygen atoms in total. The molecule has 0 atom stereocenters. The number of nitrogens with zero attached hydrogens (tertiary/aromatic N) is 3. The van der Waals surface area contributed by atoms with Gasteiger partial charge in [0, 0.05) is 37.8 Å². The lowest BCUT2D eigenvalue weighted by atomic mass is 10.1. The lowest BCUT2D eigenvalue weighted by molar-refractivity contribution is 0.142. The first-order valence-electron chi connectivity index (χ1n) is 6.42. The molecule has 1 aromatic carbocycles. The molecule has 104 valence electrons. The van der Waals surface area contributed by atoms with Gasteiger partial charge >= 0.3 is 6.09 Å². The van der Waals surface area contributed by atoms with Crippen molar-refractivity contribution in [2.75, 3.05) is 31.1 Å². The Kier molecular flexibility index (Phi) is 3.14. The van der Waals surface area contributed by atoms with Crippen molar-refractivity contribution in [1.29, 1.82) is 0 Å². The SMILES string of the molecule is O=C(O)N1CCN(c2nccc3ccc(F)cc23)CC1. The normalized spacial score (nSPS) is 15.7. The van der Waals surface area contributed by atoms with Crippen LogP contribution in [-0.4, -0.2) is 47.3 Å². The fourth-order valence-electron chi connectivity index (χ4n) is 2.49. The molecule has 0 aliphatic carbocycles. The minimum Gasteiger partial charge on any atom is -0.465 e. The number of fused-ring (bicyclic) bond motifs is 1. The molecule has 2 aromatic rings. The van der Waals surface area contributed by atoms with Gasteiger partial charge in [0.25, 0.3) is 0 Å². The minimum absolute atomic E-state index is 0.295. The summed E-state index contributed by atoms with van der Waals surface area (Å²) < 4.78 is 13.4. The van der Waals surface area contributed by atoms with Crippen LogP contribution in [0.1, 0.15) is 0 Å². The van der Waals surface area contributed by atoms with Crippen molar-refractivity contribution in [1.82, 2.24) is 9.88 Å². The number of pyridine rings is 1. The van der Waals surface area contributed by atoms with Crippen LogP contribution in [-0.2, 0) is 0 Å². The summed E-state index contributed by atoms with van der Waals surface area (Å²) in [4.78, 5) is 18.6. The number of carbonyl (C=O) groups is 1. The molecule has 1 saturated heterocycles. The monoisotopic (exact) mass is 275 g/mol. The number of anilines is 1. The summed E-state index contributed by atoms with van der Waals surface area (Å²) in [6.07, 6.45) is 0.792. The van der Waals surface area contributed by atoms with Crippen molar-refractivity contribution in [2.24, 2.45) is 0 Å². The van der Waals surface area contributed by atoms with Gasteiger partial charge in [-0.05, 0) is 23.6 Å². The minimum atomic E-state index is -0.901. The Balaban J connectivity index is 1.91. The van der Waals surface area contributed by atoms with Gasteiger partial charge in [0.1, 0.15) is 11.6 Å². The Morgan fingerprint density at radius 3 is 2.65 bits per heavy atom. The maximum Gasteiger partial charge on any atom is 0.407 e. The predicted octanol–water partition coefficient (Wildman–Crippen LogP) is 2.17. The number of halogens is 1. The maximum absolute atomic E-state index is 13.4. The van der Waals surface area contributed by atoms with E-state index in [9.17, 15) is 9.18 Å². The van der Waals surface area contributed by atoms with Gasteiger partial charge in [-0.3, -0.25) is 0 Å². The van der Waals surface area contributed by atoms with Crippen molar-refractivity contribution >= 4 is 22.7 Å². The molecule has 1 fully saturated rings. The van der Waals surface area contributed by atoms with E-state index in [0.29, 0.717) is 32.0 Å². The number of piperazine rings is 1. The molecule has 0 saturated carbocycles. The van der Waals surface area contributed by atoms with Crippen LogP contribution in [0.15, 0.2) is 30.5 Å². The molecule has 0 radical (unpaired) electrons. The zero-order chi connectivity index (χ0) is 14.1. The van der Waals surface area contributed by atoms with Gasteiger partial charge in [-0.1, -0.05) is 6.07 Å². The van der Waals surface area contributed by atoms with Crippen molar-refractivity contribution in [3.63, 3.8) is 0 Å². The van der Waals surface area contributed by atoms with Crippen LogP contribution >= 0.6 is 0 Å². The van der Waals surface area contributed by atoms with E-state index in [1.165, 1.54) is 17.0 Å². The summed E-state index contributed by atoms with van der Waals surface area (Å²) in [7, 11) is 0. The maximum atomic E-state index is 13.4. The molecule has 0 bridgehead atoms. The first-order chi connectivity index (χ1) is 9.65. The van der Waals surface area contributed by atoms with Crippen LogP contribution in [0.5, 0.6) is 0 Å². The highest BCUT2D eigenvalue weighted by molar-refractivity contribution is 5.92. The van der Waals surface area contributed by atoms with E-state index >= 15 is 0 Å². The number of hydrogen-bond donors (Lipinski definition) is 1. The number of aromatic nitrogens is 1. The van der Waals surface area contributed by atoms with E-state index in [-0.39, 0.29) is 5.82 Å². The largest absolute Gasteiger partial charge is 0.465 e. The molecular weight excluding hydrogens is 261 g/mol. The Labute approximate surface area is 115 Å². The topological polar surface area (TPSA) is 56.7 Å². The van der Waals surface area contributed by atoms with Crippen molar-refractivity contribution in [2.45, 2.75) is 0 Å². The molecule has 6 heteroatoms. The second-order valence-electron chi connectivity index (χ2n) is 4.76. The summed E-state index contributed by atoms with van der Waals surface area (Å²) in [5, 5.41) is 10.6. The molecule has 2 heterocycles. The van der Waals surface area contributed by atoms with Crippen molar-refractivity contribution < 1.29 is 14.3 Å². The van der Waals surface area contributed by atoms with E-state index in [1.807, 2.05) is 11.0 Å². The quantitative estimate of drug-likeness (QED) is 0.866. The Morgan fingerprint density at radius 1 is 1.20 bits per heavy atom. The van der Waals surface area contributed by atoms with Gasteiger partial charge in [-0.2, -0.15) is 0 Å². The predicted molar refractivity (Wildman–Crippen MR) is 73.5 cm³/mol. The summed E-state index contributed by atoms with van der Waals surface area (Å²) in [5.41, 5.74) is 0. The van der Waals surface area contributed by atoms with Crippen LogP contribution in [0.25, 0.3) is 10.8 Å². The van der Waals surface area contributed by atoms with Crippen LogP contribution in [0, 0.1) is 5.82 Å². The lowest BCUT2D eigenvalue weighted by Gasteiger charge is -2.34. The molecule has 1 N–H and O–H groups in total. The first kappa shape index (κ1) is 12.7. The van der Waals surface area contributed by atoms with E-state index in [1.54, 1.807) is 12.3 Å². The van der Waals surface area contributed by atoms with Gasteiger partial charge in [0.15, 0.2) is 0 Å². The van der Waals surface area contributed by atoms with E-state index in [4.69, 9.17) is 5.11 Å². The Hall–Kier alpha value is -2.37. The second kappa shape index (κ2) is 4.96. The van der Waals surface area contributed by atoms with E-state index < -0.39 is 6.09 Å². The van der Waals surface area contributed by atoms with Crippen LogP contribution in [0.3, 0.4) is 0 Å². The third-order valence-corrected chi connectivity index (χ3v) is 3.56. The van der Waals surface area contributed by atoms with Crippen molar-refractivity contribution in [3.05, 3.63) is 36.3 Å². The fourth-order valence-corrected chi connectivity index (χ4v) is 2.49. The molecule has 20 heavy (non-hydrogen) atoms. The summed E-state index contributed by atoms with van der Waals surface area (Å²) in [6, 6.07) is 6.46. The van der Waals surface area contributed by atoms with E-state index in [2.05, 4.69) is 4.98 Å². The fraction of sp³-hybridized carbons (Fsp3) is 0.286. The molecule has 1 aromatic heterocycles. The summed E-state index contributed by atoms with van der Waals surface area (Å²) >= 11 is 0. The molecular formula is C14H14FN3O2. The smallest absolute Gasteiger partial charge is 0.407 e. The Bertz CT molecular complexity index is 654. The zero-order valence-corrected chi connectivity index (χ0v) is 10.8. The van der Waals surface area contributed by atoms with Gasteiger partial charge < -0.3 is 14.9 Å². The lowest BCUT2D eigenvalue weighted by Crippen LogP contribution is -2.48. The Morgan fingerprint density at radius 2 is 1.95 bits per heavy atom. The number of benzene rings is 1. The molecule has 3 rings (SSSR count). The molecule has 1 amide bonds. The number of rotatable bonds is 1. The molecule has 0 spiro atoms. The van der Waals surface area contributed by atoms with Gasteiger partial charge in [-0.15, -0.1) is 0 Å². The summed E-state index contributed by atoms with van der Waals surface area (Å²) in [6.45, 7) is 2.00. The van der Waals surface area contributed by atoms with Crippen molar-refractivity contribution in [3.8, 4) is 0 Å². The average molecular weight is 275 g/mol. The van der Waals surface area contributed by atoms with Gasteiger partial charge in [0.2, 0.25) is 0 Å². The number of amides is 1. The zero-order valence-electron chi connectivity index (χ0n) is 10.8. The molecule has 1 aliphatic heterocycles.